The van der Waals surface area contributed by atoms with Crippen LogP contribution >= 0.6 is 11.3 Å². The lowest BCUT2D eigenvalue weighted by Crippen LogP contribution is -2.33. The maximum atomic E-state index is 13.0. The fraction of sp³-hybridized carbons (Fsp3) is 0.233. The Bertz CT molecular complexity index is 1580. The van der Waals surface area contributed by atoms with Crippen LogP contribution in [0.1, 0.15) is 45.8 Å². The molecule has 9 nitrogen and oxygen atoms in total. The van der Waals surface area contributed by atoms with Crippen molar-refractivity contribution in [2.45, 2.75) is 31.9 Å². The first-order valence-corrected chi connectivity index (χ1v) is 15.8. The number of aliphatic hydroxyl groups is 1. The van der Waals surface area contributed by atoms with Gasteiger partial charge in [-0.15, -0.1) is 11.3 Å². The van der Waals surface area contributed by atoms with E-state index in [1.54, 1.807) is 41.9 Å². The molecule has 0 aliphatic rings. The number of nitrogens with zero attached hydrogens (tertiary/aromatic N) is 1. The van der Waals surface area contributed by atoms with E-state index in [-0.39, 0.29) is 35.4 Å². The van der Waals surface area contributed by atoms with Crippen LogP contribution in [0.5, 0.6) is 0 Å². The van der Waals surface area contributed by atoms with Gasteiger partial charge >= 0.3 is 0 Å². The molecule has 0 aliphatic heterocycles. The number of amides is 1. The van der Waals surface area contributed by atoms with E-state index in [2.05, 4.69) is 20.3 Å². The first-order chi connectivity index (χ1) is 19.6. The minimum atomic E-state index is -3.67. The third kappa shape index (κ3) is 8.79. The summed E-state index contributed by atoms with van der Waals surface area (Å²) >= 11 is 1.45. The van der Waals surface area contributed by atoms with Gasteiger partial charge in [-0.3, -0.25) is 14.3 Å². The predicted molar refractivity (Wildman–Crippen MR) is 162 cm³/mol. The summed E-state index contributed by atoms with van der Waals surface area (Å²) in [5.74, 6) is -0.450. The number of nitrogens with one attached hydrogen (secondary N) is 3. The number of carbonyl (C=O) groups is 2. The monoisotopic (exact) mass is 592 g/mol. The molecule has 0 fully saturated rings. The molecular weight excluding hydrogens is 560 g/mol. The molecule has 3 aromatic carbocycles. The van der Waals surface area contributed by atoms with Crippen molar-refractivity contribution in [2.24, 2.45) is 0 Å². The minimum absolute atomic E-state index is 0.115. The number of anilines is 2. The van der Waals surface area contributed by atoms with Gasteiger partial charge in [0.1, 0.15) is 0 Å². The van der Waals surface area contributed by atoms with E-state index in [4.69, 9.17) is 0 Å². The number of aromatic nitrogens is 1. The maximum Gasteiger partial charge on any atom is 0.230 e. The number of sulfonamides is 1. The second-order valence-corrected chi connectivity index (χ2v) is 12.2. The van der Waals surface area contributed by atoms with Crippen LogP contribution in [0.15, 0.2) is 83.7 Å². The molecule has 0 spiro atoms. The number of hydrogen-bond acceptors (Lipinski definition) is 8. The average molecular weight is 593 g/mol. The molecule has 1 heterocycles. The van der Waals surface area contributed by atoms with Crippen molar-refractivity contribution < 1.29 is 23.1 Å². The smallest absolute Gasteiger partial charge is 0.230 e. The Morgan fingerprint density at radius 2 is 1.76 bits per heavy atom. The van der Waals surface area contributed by atoms with Gasteiger partial charge in [0.15, 0.2) is 5.78 Å². The van der Waals surface area contributed by atoms with Crippen molar-refractivity contribution >= 4 is 44.4 Å². The fourth-order valence-electron chi connectivity index (χ4n) is 4.27. The zero-order valence-electron chi connectivity index (χ0n) is 22.7. The maximum absolute atomic E-state index is 13.0. The van der Waals surface area contributed by atoms with E-state index in [1.165, 1.54) is 23.5 Å². The van der Waals surface area contributed by atoms with E-state index in [0.717, 1.165) is 17.5 Å². The molecule has 0 saturated carbocycles. The van der Waals surface area contributed by atoms with Crippen molar-refractivity contribution in [3.8, 4) is 0 Å². The number of benzene rings is 3. The lowest BCUT2D eigenvalue weighted by atomic mass is 9.96. The predicted octanol–water partition coefficient (Wildman–Crippen LogP) is 4.18. The van der Waals surface area contributed by atoms with Crippen molar-refractivity contribution in [1.82, 2.24) is 10.3 Å². The zero-order valence-corrected chi connectivity index (χ0v) is 24.3. The minimum Gasteiger partial charge on any atom is -0.387 e. The van der Waals surface area contributed by atoms with Crippen molar-refractivity contribution in [1.29, 1.82) is 0 Å². The topological polar surface area (TPSA) is 137 Å². The first kappa shape index (κ1) is 30.1. The second kappa shape index (κ2) is 13.6. The first-order valence-electron chi connectivity index (χ1n) is 13.0. The Morgan fingerprint density at radius 1 is 1.02 bits per heavy atom. The molecule has 1 amide bonds. The number of carbonyl (C=O) groups excluding carboxylic acids is 2. The molecule has 2 atom stereocenters. The van der Waals surface area contributed by atoms with E-state index >= 15 is 0 Å². The second-order valence-electron chi connectivity index (χ2n) is 9.71. The normalized spacial score (nSPS) is 12.9. The van der Waals surface area contributed by atoms with Crippen LogP contribution in [0, 0.1) is 0 Å². The van der Waals surface area contributed by atoms with E-state index < -0.39 is 16.1 Å². The number of aliphatic hydroxyl groups excluding tert-OH is 1. The number of rotatable bonds is 13. The quantitative estimate of drug-likeness (QED) is 0.171. The van der Waals surface area contributed by atoms with Crippen LogP contribution in [0.2, 0.25) is 0 Å². The van der Waals surface area contributed by atoms with Crippen molar-refractivity contribution in [2.75, 3.05) is 22.8 Å². The summed E-state index contributed by atoms with van der Waals surface area (Å²) in [6.07, 6.45) is 0.981. The van der Waals surface area contributed by atoms with Crippen LogP contribution in [0.25, 0.3) is 0 Å². The highest BCUT2D eigenvalue weighted by Gasteiger charge is 2.21. The zero-order chi connectivity index (χ0) is 29.4. The van der Waals surface area contributed by atoms with E-state index in [0.29, 0.717) is 29.8 Å². The van der Waals surface area contributed by atoms with Crippen LogP contribution < -0.4 is 15.4 Å². The van der Waals surface area contributed by atoms with Gasteiger partial charge in [-0.1, -0.05) is 48.5 Å². The Hall–Kier alpha value is -3.90. The summed E-state index contributed by atoms with van der Waals surface area (Å²) < 4.78 is 26.5. The summed E-state index contributed by atoms with van der Waals surface area (Å²) in [5, 5.41) is 19.0. The molecule has 0 radical (unpaired) electrons. The molecule has 11 heteroatoms. The SMILES string of the molecule is CC(NCCc1ccc(NC(=O)Cc2cscn2)cc1)C(O)c1ccc(C(=O)c2ccccc2)c(NS(C)(=O)=O)c1. The molecule has 214 valence electrons. The Morgan fingerprint density at radius 3 is 2.41 bits per heavy atom. The average Bonchev–Trinajstić information content (AvgIpc) is 3.45. The van der Waals surface area contributed by atoms with Gasteiger partial charge in [-0.25, -0.2) is 13.4 Å². The van der Waals surface area contributed by atoms with Gasteiger partial charge in [-0.05, 0) is 55.3 Å². The summed E-state index contributed by atoms with van der Waals surface area (Å²) in [7, 11) is -3.67. The fourth-order valence-corrected chi connectivity index (χ4v) is 5.39. The standard InChI is InChI=1S/C30H32N4O5S2/c1-20(31-15-14-21-8-11-24(12-9-21)33-28(35)17-25-18-40-19-32-25)29(36)23-10-13-26(27(16-23)34-41(2,38)39)30(37)22-6-4-3-5-7-22/h3-13,16,18-20,29,31,34,36H,14-15,17H2,1-2H3,(H,33,35). The van der Waals surface area contributed by atoms with E-state index in [9.17, 15) is 23.1 Å². The summed E-state index contributed by atoms with van der Waals surface area (Å²) in [6.45, 7) is 2.41. The van der Waals surface area contributed by atoms with Gasteiger partial charge in [-0.2, -0.15) is 0 Å². The summed E-state index contributed by atoms with van der Waals surface area (Å²) in [4.78, 5) is 29.3. The number of thiazole rings is 1. The Kier molecular flexibility index (Phi) is 10.0. The van der Waals surface area contributed by atoms with Gasteiger partial charge in [0.25, 0.3) is 0 Å². The molecule has 2 unspecified atom stereocenters. The van der Waals surface area contributed by atoms with Gasteiger partial charge in [0.2, 0.25) is 15.9 Å². The molecule has 41 heavy (non-hydrogen) atoms. The summed E-state index contributed by atoms with van der Waals surface area (Å²) in [6, 6.07) is 20.5. The molecule has 1 aromatic heterocycles. The largest absolute Gasteiger partial charge is 0.387 e. The van der Waals surface area contributed by atoms with Crippen LogP contribution in [0.4, 0.5) is 11.4 Å². The van der Waals surface area contributed by atoms with Crippen molar-refractivity contribution in [3.05, 3.63) is 112 Å². The van der Waals surface area contributed by atoms with Crippen LogP contribution in [0.3, 0.4) is 0 Å². The molecule has 4 rings (SSSR count). The molecule has 0 saturated heterocycles. The molecule has 0 bridgehead atoms. The number of hydrogen-bond donors (Lipinski definition) is 4. The Balaban J connectivity index is 1.34. The molecule has 0 aliphatic carbocycles. The summed E-state index contributed by atoms with van der Waals surface area (Å²) in [5.41, 5.74) is 5.41. The van der Waals surface area contributed by atoms with Gasteiger partial charge in [0, 0.05) is 28.2 Å². The third-order valence-electron chi connectivity index (χ3n) is 6.38. The van der Waals surface area contributed by atoms with E-state index in [1.807, 2.05) is 36.6 Å². The highest BCUT2D eigenvalue weighted by atomic mass is 32.2. The molecule has 4 N–H and O–H groups in total. The lowest BCUT2D eigenvalue weighted by Gasteiger charge is -2.22. The Labute approximate surface area is 243 Å². The highest BCUT2D eigenvalue weighted by Crippen LogP contribution is 2.27. The van der Waals surface area contributed by atoms with Gasteiger partial charge < -0.3 is 15.7 Å². The number of ketones is 1. The lowest BCUT2D eigenvalue weighted by molar-refractivity contribution is -0.115. The molecular formula is C30H32N4O5S2. The van der Waals surface area contributed by atoms with Crippen LogP contribution in [-0.2, 0) is 27.7 Å². The van der Waals surface area contributed by atoms with Crippen LogP contribution in [-0.4, -0.2) is 49.0 Å². The molecule has 4 aromatic rings. The van der Waals surface area contributed by atoms with Gasteiger partial charge in [0.05, 0.1) is 35.7 Å². The third-order valence-corrected chi connectivity index (χ3v) is 7.60. The van der Waals surface area contributed by atoms with Crippen molar-refractivity contribution in [3.63, 3.8) is 0 Å². The highest BCUT2D eigenvalue weighted by molar-refractivity contribution is 7.92.